The molecule has 0 saturated carbocycles. The van der Waals surface area contributed by atoms with Crippen molar-refractivity contribution >= 4 is 37.9 Å². The van der Waals surface area contributed by atoms with Crippen LogP contribution in [0.2, 0.25) is 0 Å². The van der Waals surface area contributed by atoms with Crippen LogP contribution >= 0.6 is 0 Å². The van der Waals surface area contributed by atoms with E-state index in [1.807, 2.05) is 0 Å². The minimum Gasteiger partial charge on any atom is -0.481 e. The van der Waals surface area contributed by atoms with E-state index < -0.39 is 43.8 Å². The Bertz CT molecular complexity index is 970. The molecule has 148 valence electrons. The lowest BCUT2D eigenvalue weighted by Crippen LogP contribution is -2.45. The molecule has 27 heavy (non-hydrogen) atoms. The smallest absolute Gasteiger partial charge is 0.341 e. The number of sulfone groups is 1. The minimum atomic E-state index is -3.94. The molecular weight excluding hydrogens is 402 g/mol. The number of aliphatic carboxylic acids is 1. The number of carbonyl (C=O) groups excluding carboxylic acids is 2. The molecule has 1 saturated heterocycles. The second kappa shape index (κ2) is 7.52. The summed E-state index contributed by atoms with van der Waals surface area (Å²) < 4.78 is 47.9. The number of amides is 4. The number of carboxylic acid groups (broad SMARTS) is 1. The van der Waals surface area contributed by atoms with Crippen molar-refractivity contribution in [2.24, 2.45) is 0 Å². The van der Waals surface area contributed by atoms with Gasteiger partial charge in [0.2, 0.25) is 10.0 Å². The summed E-state index contributed by atoms with van der Waals surface area (Å²) in [5.41, 5.74) is 0.411. The SMILES string of the molecule is CS(=O)(=O)N1CCN(C(=O)NCS(=O)(=O)c2ccc(CC(=O)O)cc2)C1=O. The Balaban J connectivity index is 2.02. The number of hydrogen-bond donors (Lipinski definition) is 2. The van der Waals surface area contributed by atoms with Crippen LogP contribution in [0.15, 0.2) is 29.2 Å². The molecule has 0 aromatic heterocycles. The van der Waals surface area contributed by atoms with E-state index >= 15 is 0 Å². The van der Waals surface area contributed by atoms with E-state index in [1.54, 1.807) is 0 Å². The van der Waals surface area contributed by atoms with Crippen molar-refractivity contribution in [3.8, 4) is 0 Å². The highest BCUT2D eigenvalue weighted by molar-refractivity contribution is 7.91. The van der Waals surface area contributed by atoms with Gasteiger partial charge in [0.25, 0.3) is 0 Å². The Hall–Kier alpha value is -2.67. The molecule has 0 radical (unpaired) electrons. The van der Waals surface area contributed by atoms with Gasteiger partial charge in [-0.2, -0.15) is 0 Å². The molecule has 0 aliphatic carbocycles. The largest absolute Gasteiger partial charge is 0.481 e. The number of carbonyl (C=O) groups is 3. The van der Waals surface area contributed by atoms with Crippen molar-refractivity contribution in [2.45, 2.75) is 11.3 Å². The van der Waals surface area contributed by atoms with Crippen molar-refractivity contribution in [3.63, 3.8) is 0 Å². The van der Waals surface area contributed by atoms with Gasteiger partial charge in [-0.05, 0) is 17.7 Å². The quantitative estimate of drug-likeness (QED) is 0.621. The van der Waals surface area contributed by atoms with Gasteiger partial charge in [-0.3, -0.25) is 4.79 Å². The van der Waals surface area contributed by atoms with Crippen LogP contribution in [0, 0.1) is 0 Å². The Morgan fingerprint density at radius 1 is 1.11 bits per heavy atom. The lowest BCUT2D eigenvalue weighted by molar-refractivity contribution is -0.136. The highest BCUT2D eigenvalue weighted by Crippen LogP contribution is 2.14. The van der Waals surface area contributed by atoms with E-state index in [4.69, 9.17) is 5.11 Å². The molecule has 1 heterocycles. The van der Waals surface area contributed by atoms with Crippen molar-refractivity contribution in [1.29, 1.82) is 0 Å². The van der Waals surface area contributed by atoms with Gasteiger partial charge in [0.05, 0.1) is 30.7 Å². The van der Waals surface area contributed by atoms with Crippen LogP contribution in [0.1, 0.15) is 5.56 Å². The third-order valence-electron chi connectivity index (χ3n) is 3.67. The van der Waals surface area contributed by atoms with Crippen molar-refractivity contribution < 1.29 is 36.3 Å². The second-order valence-corrected chi connectivity index (χ2v) is 9.62. The fourth-order valence-corrected chi connectivity index (χ4v) is 4.16. The predicted octanol–water partition coefficient (Wildman–Crippen LogP) is -0.548. The van der Waals surface area contributed by atoms with Gasteiger partial charge >= 0.3 is 18.0 Å². The van der Waals surface area contributed by atoms with Crippen LogP contribution in [0.5, 0.6) is 0 Å². The number of carboxylic acids is 1. The molecule has 2 N–H and O–H groups in total. The molecule has 0 atom stereocenters. The van der Waals surface area contributed by atoms with Gasteiger partial charge in [0, 0.05) is 0 Å². The van der Waals surface area contributed by atoms with E-state index in [0.717, 1.165) is 6.26 Å². The molecule has 13 heteroatoms. The van der Waals surface area contributed by atoms with E-state index in [9.17, 15) is 31.2 Å². The van der Waals surface area contributed by atoms with E-state index in [-0.39, 0.29) is 24.4 Å². The first-order valence-corrected chi connectivity index (χ1v) is 11.0. The van der Waals surface area contributed by atoms with Gasteiger partial charge < -0.3 is 10.4 Å². The second-order valence-electron chi connectivity index (χ2n) is 5.72. The van der Waals surface area contributed by atoms with E-state index in [2.05, 4.69) is 5.32 Å². The molecule has 0 bridgehead atoms. The van der Waals surface area contributed by atoms with Crippen molar-refractivity contribution in [2.75, 3.05) is 25.2 Å². The molecule has 1 aromatic rings. The summed E-state index contributed by atoms with van der Waals surface area (Å²) in [6, 6.07) is 3.04. The lowest BCUT2D eigenvalue weighted by atomic mass is 10.2. The molecule has 4 amide bonds. The van der Waals surface area contributed by atoms with Crippen LogP contribution in [0.4, 0.5) is 9.59 Å². The van der Waals surface area contributed by atoms with E-state index in [1.165, 1.54) is 24.3 Å². The van der Waals surface area contributed by atoms with Gasteiger partial charge in [0.1, 0.15) is 5.88 Å². The molecular formula is C14H17N3O8S2. The van der Waals surface area contributed by atoms with Gasteiger partial charge in [0.15, 0.2) is 9.84 Å². The number of rotatable bonds is 6. The zero-order valence-electron chi connectivity index (χ0n) is 14.2. The molecule has 0 spiro atoms. The number of nitrogens with zero attached hydrogens (tertiary/aromatic N) is 2. The lowest BCUT2D eigenvalue weighted by Gasteiger charge is -2.16. The van der Waals surface area contributed by atoms with Crippen LogP contribution in [-0.4, -0.2) is 74.4 Å². The molecule has 1 aliphatic rings. The van der Waals surface area contributed by atoms with Gasteiger partial charge in [-0.25, -0.2) is 35.6 Å². The Labute approximate surface area is 155 Å². The fourth-order valence-electron chi connectivity index (χ4n) is 2.34. The number of imide groups is 1. The minimum absolute atomic E-state index is 0.137. The monoisotopic (exact) mass is 419 g/mol. The van der Waals surface area contributed by atoms with Crippen molar-refractivity contribution in [1.82, 2.24) is 14.5 Å². The molecule has 11 nitrogen and oxygen atoms in total. The third-order valence-corrected chi connectivity index (χ3v) is 6.32. The highest BCUT2D eigenvalue weighted by atomic mass is 32.2. The van der Waals surface area contributed by atoms with Crippen molar-refractivity contribution in [3.05, 3.63) is 29.8 Å². The Morgan fingerprint density at radius 3 is 2.19 bits per heavy atom. The summed E-state index contributed by atoms with van der Waals surface area (Å²) in [7, 11) is -7.75. The number of hydrogen-bond acceptors (Lipinski definition) is 7. The summed E-state index contributed by atoms with van der Waals surface area (Å²) in [6.07, 6.45) is 0.565. The van der Waals surface area contributed by atoms with Crippen LogP contribution in [0.25, 0.3) is 0 Å². The number of sulfonamides is 1. The average Bonchev–Trinajstić information content (AvgIpc) is 2.94. The summed E-state index contributed by atoms with van der Waals surface area (Å²) in [5, 5.41) is 10.8. The first-order valence-electron chi connectivity index (χ1n) is 7.52. The van der Waals surface area contributed by atoms with Crippen LogP contribution in [0.3, 0.4) is 0 Å². The predicted molar refractivity (Wildman–Crippen MR) is 92.0 cm³/mol. The first-order chi connectivity index (χ1) is 12.4. The molecule has 1 fully saturated rings. The first kappa shape index (κ1) is 20.6. The number of nitrogens with one attached hydrogen (secondary N) is 1. The van der Waals surface area contributed by atoms with Gasteiger partial charge in [-0.1, -0.05) is 12.1 Å². The van der Waals surface area contributed by atoms with Crippen LogP contribution < -0.4 is 5.32 Å². The Kier molecular flexibility index (Phi) is 5.75. The summed E-state index contributed by atoms with van der Waals surface area (Å²) in [5.74, 6) is -1.87. The van der Waals surface area contributed by atoms with Gasteiger partial charge in [-0.15, -0.1) is 0 Å². The Morgan fingerprint density at radius 2 is 1.70 bits per heavy atom. The highest BCUT2D eigenvalue weighted by Gasteiger charge is 2.38. The molecule has 1 aliphatic heterocycles. The molecule has 2 rings (SSSR count). The molecule has 0 unspecified atom stereocenters. The number of benzene rings is 1. The summed E-state index contributed by atoms with van der Waals surface area (Å²) in [4.78, 5) is 35.0. The average molecular weight is 419 g/mol. The summed E-state index contributed by atoms with van der Waals surface area (Å²) in [6.45, 7) is -0.398. The van der Waals surface area contributed by atoms with E-state index in [0.29, 0.717) is 14.8 Å². The number of urea groups is 2. The zero-order chi connectivity index (χ0) is 20.4. The topological polar surface area (TPSA) is 158 Å². The standard InChI is InChI=1S/C14H17N3O8S2/c1-26(22,23)17-7-6-16(14(17)21)13(20)15-9-27(24,25)11-4-2-10(3-5-11)8-12(18)19/h2-5H,6-9H2,1H3,(H,15,20)(H,18,19). The maximum atomic E-state index is 12.2. The fraction of sp³-hybridized carbons (Fsp3) is 0.357. The normalized spacial score (nSPS) is 15.1. The van der Waals surface area contributed by atoms with Crippen LogP contribution in [-0.2, 0) is 31.1 Å². The third kappa shape index (κ3) is 4.95. The maximum Gasteiger partial charge on any atom is 0.341 e. The molecule has 1 aromatic carbocycles. The summed E-state index contributed by atoms with van der Waals surface area (Å²) >= 11 is 0. The maximum absolute atomic E-state index is 12.2. The zero-order valence-corrected chi connectivity index (χ0v) is 15.8.